The Labute approximate surface area is 254 Å². The lowest BCUT2D eigenvalue weighted by molar-refractivity contribution is -0.231. The van der Waals surface area contributed by atoms with Crippen molar-refractivity contribution in [1.82, 2.24) is 20.9 Å². The Hall–Kier alpha value is -3.08. The molecular weight excluding hydrogens is 571 g/mol. The van der Waals surface area contributed by atoms with Crippen molar-refractivity contribution in [2.45, 2.75) is 64.0 Å². The molecule has 1 saturated carbocycles. The second-order valence-electron chi connectivity index (χ2n) is 11.0. The summed E-state index contributed by atoms with van der Waals surface area (Å²) in [6.45, 7) is 5.63. The Bertz CT molecular complexity index is 1160. The summed E-state index contributed by atoms with van der Waals surface area (Å²) in [7, 11) is -4.69. The second-order valence-corrected chi connectivity index (χ2v) is 12.4. The molecule has 2 atom stereocenters. The van der Waals surface area contributed by atoms with E-state index in [4.69, 9.17) is 9.05 Å². The number of hydrogen-bond donors (Lipinski definition) is 3. The van der Waals surface area contributed by atoms with Crippen molar-refractivity contribution in [1.29, 1.82) is 0 Å². The minimum atomic E-state index is -4.69. The average Bonchev–Trinajstić information content (AvgIpc) is 2.96. The summed E-state index contributed by atoms with van der Waals surface area (Å²) in [6.07, 6.45) is 1.99. The van der Waals surface area contributed by atoms with Crippen molar-refractivity contribution in [3.8, 4) is 0 Å². The topological polar surface area (TPSA) is 149 Å². The molecule has 3 amide bonds. The van der Waals surface area contributed by atoms with E-state index in [1.165, 1.54) is 31.9 Å². The first-order chi connectivity index (χ1) is 20.5. The Morgan fingerprint density at radius 2 is 1.37 bits per heavy atom. The van der Waals surface area contributed by atoms with E-state index in [0.717, 1.165) is 12.8 Å². The Kier molecular flexibility index (Phi) is 13.3. The van der Waals surface area contributed by atoms with E-state index in [9.17, 15) is 23.8 Å². The zero-order valence-electron chi connectivity index (χ0n) is 25.3. The molecule has 3 rings (SSSR count). The zero-order chi connectivity index (χ0) is 31.3. The summed E-state index contributed by atoms with van der Waals surface area (Å²) in [4.78, 5) is 49.4. The van der Waals surface area contributed by atoms with Gasteiger partial charge >= 0.3 is 0 Å². The standard InChI is InChI=1S/C31H45N4O7P/c1-24(36)32-18-20-35(21-19-33-25(2)37)22-29(34-26(3)38)23-41-43(39,40)42-30-14-16-31(17-15-30,27-10-6-4-7-11-27)28-12-8-5-9-13-28/h4-13,29-30H,14-23H2,1-3H3,(H,32,36)(H,33,37)(H,34,38)(H,39,40)/p-1/t29-/m1/s1. The van der Waals surface area contributed by atoms with Crippen LogP contribution in [0.5, 0.6) is 0 Å². The van der Waals surface area contributed by atoms with Crippen LogP contribution in [-0.2, 0) is 33.4 Å². The summed E-state index contributed by atoms with van der Waals surface area (Å²) in [5, 5.41) is 8.17. The highest BCUT2D eigenvalue weighted by molar-refractivity contribution is 7.45. The van der Waals surface area contributed by atoms with Gasteiger partial charge in [-0.15, -0.1) is 0 Å². The molecule has 1 aliphatic carbocycles. The van der Waals surface area contributed by atoms with Crippen LogP contribution in [-0.4, -0.2) is 74.1 Å². The summed E-state index contributed by atoms with van der Waals surface area (Å²) >= 11 is 0. The van der Waals surface area contributed by atoms with Crippen LogP contribution in [0.4, 0.5) is 0 Å². The summed E-state index contributed by atoms with van der Waals surface area (Å²) < 4.78 is 23.8. The van der Waals surface area contributed by atoms with Crippen molar-refractivity contribution in [3.63, 3.8) is 0 Å². The number of phosphoric acid groups is 1. The van der Waals surface area contributed by atoms with E-state index >= 15 is 0 Å². The van der Waals surface area contributed by atoms with Crippen LogP contribution in [0, 0.1) is 0 Å². The number of benzene rings is 2. The minimum Gasteiger partial charge on any atom is -0.756 e. The molecule has 1 fully saturated rings. The maximum absolute atomic E-state index is 12.9. The first-order valence-electron chi connectivity index (χ1n) is 14.7. The number of hydrogen-bond acceptors (Lipinski definition) is 8. The normalized spacial score (nSPS) is 17.0. The van der Waals surface area contributed by atoms with Crippen LogP contribution in [0.15, 0.2) is 60.7 Å². The lowest BCUT2D eigenvalue weighted by atomic mass is 9.65. The van der Waals surface area contributed by atoms with Gasteiger partial charge in [-0.1, -0.05) is 60.7 Å². The van der Waals surface area contributed by atoms with E-state index in [-0.39, 0.29) is 36.3 Å². The number of carbonyl (C=O) groups is 3. The van der Waals surface area contributed by atoms with Crippen LogP contribution in [0.2, 0.25) is 0 Å². The summed E-state index contributed by atoms with van der Waals surface area (Å²) in [6, 6.07) is 19.9. The van der Waals surface area contributed by atoms with Crippen molar-refractivity contribution in [3.05, 3.63) is 71.8 Å². The van der Waals surface area contributed by atoms with Gasteiger partial charge in [0.25, 0.3) is 7.82 Å². The number of nitrogens with one attached hydrogen (secondary N) is 3. The predicted octanol–water partition coefficient (Wildman–Crippen LogP) is 2.50. The molecule has 2 aromatic rings. The molecule has 236 valence electrons. The maximum Gasteiger partial charge on any atom is 0.268 e. The lowest BCUT2D eigenvalue weighted by Crippen LogP contribution is -2.49. The number of carbonyl (C=O) groups excluding carboxylic acids is 3. The molecule has 0 saturated heterocycles. The Balaban J connectivity index is 1.61. The maximum atomic E-state index is 12.9. The first-order valence-corrected chi connectivity index (χ1v) is 16.2. The molecule has 3 N–H and O–H groups in total. The van der Waals surface area contributed by atoms with Crippen molar-refractivity contribution < 1.29 is 32.9 Å². The van der Waals surface area contributed by atoms with E-state index in [1.54, 1.807) is 0 Å². The van der Waals surface area contributed by atoms with Gasteiger partial charge in [-0.25, -0.2) is 0 Å². The van der Waals surface area contributed by atoms with Crippen LogP contribution < -0.4 is 20.8 Å². The average molecular weight is 616 g/mol. The third kappa shape index (κ3) is 11.5. The van der Waals surface area contributed by atoms with E-state index < -0.39 is 20.0 Å². The number of rotatable bonds is 16. The largest absolute Gasteiger partial charge is 0.756 e. The van der Waals surface area contributed by atoms with Gasteiger partial charge in [0.05, 0.1) is 18.8 Å². The Morgan fingerprint density at radius 3 is 1.81 bits per heavy atom. The second kappa shape index (κ2) is 16.7. The van der Waals surface area contributed by atoms with Gasteiger partial charge in [-0.05, 0) is 36.8 Å². The van der Waals surface area contributed by atoms with Gasteiger partial charge in [0.2, 0.25) is 17.7 Å². The molecule has 0 bridgehead atoms. The molecule has 1 unspecified atom stereocenters. The molecule has 11 nitrogen and oxygen atoms in total. The molecule has 0 aromatic heterocycles. The van der Waals surface area contributed by atoms with E-state index in [2.05, 4.69) is 40.2 Å². The van der Waals surface area contributed by atoms with Crippen LogP contribution in [0.3, 0.4) is 0 Å². The first kappa shape index (κ1) is 34.4. The predicted molar refractivity (Wildman–Crippen MR) is 162 cm³/mol. The molecular formula is C31H44N4O7P-. The number of nitrogens with zero attached hydrogens (tertiary/aromatic N) is 1. The van der Waals surface area contributed by atoms with E-state index in [1.807, 2.05) is 41.3 Å². The zero-order valence-corrected chi connectivity index (χ0v) is 26.1. The van der Waals surface area contributed by atoms with Crippen LogP contribution in [0.25, 0.3) is 0 Å². The van der Waals surface area contributed by atoms with Gasteiger partial charge in [0, 0.05) is 58.9 Å². The lowest BCUT2D eigenvalue weighted by Gasteiger charge is -2.42. The minimum absolute atomic E-state index is 0.180. The number of amides is 3. The van der Waals surface area contributed by atoms with Crippen LogP contribution in [0.1, 0.15) is 57.6 Å². The monoisotopic (exact) mass is 615 g/mol. The molecule has 43 heavy (non-hydrogen) atoms. The third-order valence-electron chi connectivity index (χ3n) is 7.64. The Morgan fingerprint density at radius 1 is 0.884 bits per heavy atom. The smallest absolute Gasteiger partial charge is 0.268 e. The molecule has 0 radical (unpaired) electrons. The molecule has 0 spiro atoms. The van der Waals surface area contributed by atoms with Gasteiger partial charge in [-0.3, -0.25) is 23.8 Å². The molecule has 2 aromatic carbocycles. The highest BCUT2D eigenvalue weighted by Gasteiger charge is 2.39. The highest BCUT2D eigenvalue weighted by Crippen LogP contribution is 2.49. The quantitative estimate of drug-likeness (QED) is 0.244. The van der Waals surface area contributed by atoms with Crippen molar-refractivity contribution >= 4 is 25.5 Å². The molecule has 1 aliphatic rings. The fourth-order valence-electron chi connectivity index (χ4n) is 5.66. The number of phosphoric ester groups is 1. The SMILES string of the molecule is CC(=O)NCCN(CCNC(C)=O)C[C@H](COP(=O)([O-])OC1CCC(c2ccccc2)(c2ccccc2)CC1)NC(C)=O. The highest BCUT2D eigenvalue weighted by atomic mass is 31.2. The van der Waals surface area contributed by atoms with Gasteiger partial charge in [-0.2, -0.15) is 0 Å². The molecule has 0 aliphatic heterocycles. The summed E-state index contributed by atoms with van der Waals surface area (Å²) in [5.41, 5.74) is 2.16. The van der Waals surface area contributed by atoms with Crippen molar-refractivity contribution in [2.75, 3.05) is 39.3 Å². The fourth-order valence-corrected chi connectivity index (χ4v) is 6.66. The van der Waals surface area contributed by atoms with Gasteiger partial charge in [0.15, 0.2) is 0 Å². The summed E-state index contributed by atoms with van der Waals surface area (Å²) in [5.74, 6) is -0.703. The van der Waals surface area contributed by atoms with Gasteiger partial charge in [0.1, 0.15) is 0 Å². The third-order valence-corrected chi connectivity index (χ3v) is 8.66. The van der Waals surface area contributed by atoms with Crippen LogP contribution >= 0.6 is 7.82 Å². The van der Waals surface area contributed by atoms with Gasteiger partial charge < -0.3 is 29.9 Å². The van der Waals surface area contributed by atoms with Crippen molar-refractivity contribution in [2.24, 2.45) is 0 Å². The molecule has 12 heteroatoms. The van der Waals surface area contributed by atoms with E-state index in [0.29, 0.717) is 39.0 Å². The fraction of sp³-hybridized carbons (Fsp3) is 0.516. The molecule has 0 heterocycles.